The van der Waals surface area contributed by atoms with E-state index in [1.165, 1.54) is 24.8 Å². The first-order valence-corrected chi connectivity index (χ1v) is 6.05. The number of aryl methyl sites for hydroxylation is 1. The largest absolute Gasteiger partial charge is 0.381 e. The van der Waals surface area contributed by atoms with E-state index in [0.29, 0.717) is 6.04 Å². The van der Waals surface area contributed by atoms with Crippen molar-refractivity contribution in [3.8, 4) is 0 Å². The molecule has 0 aromatic heterocycles. The van der Waals surface area contributed by atoms with Gasteiger partial charge in [0.1, 0.15) is 0 Å². The lowest BCUT2D eigenvalue weighted by Crippen LogP contribution is -2.15. The molecule has 2 unspecified atom stereocenters. The molecule has 1 N–H and O–H groups in total. The summed E-state index contributed by atoms with van der Waals surface area (Å²) in [6.45, 7) is 4.41. The first kappa shape index (κ1) is 10.8. The van der Waals surface area contributed by atoms with Gasteiger partial charge in [0.15, 0.2) is 0 Å². The van der Waals surface area contributed by atoms with Crippen LogP contribution in [0.25, 0.3) is 0 Å². The molecule has 15 heavy (non-hydrogen) atoms. The molecule has 2 rings (SSSR count). The van der Waals surface area contributed by atoms with Crippen molar-refractivity contribution in [2.24, 2.45) is 5.92 Å². The highest BCUT2D eigenvalue weighted by Crippen LogP contribution is 2.30. The zero-order valence-corrected chi connectivity index (χ0v) is 10.1. The average molecular weight is 224 g/mol. The first-order chi connectivity index (χ1) is 7.15. The Kier molecular flexibility index (Phi) is 3.20. The molecular weight excluding hydrogens is 206 g/mol. The Morgan fingerprint density at radius 3 is 2.80 bits per heavy atom. The molecule has 1 aliphatic carbocycles. The lowest BCUT2D eigenvalue weighted by molar-refractivity contribution is 0.602. The maximum Gasteiger partial charge on any atom is 0.0637 e. The topological polar surface area (TPSA) is 12.0 Å². The lowest BCUT2D eigenvalue weighted by atomic mass is 10.1. The summed E-state index contributed by atoms with van der Waals surface area (Å²) in [4.78, 5) is 0. The number of anilines is 1. The van der Waals surface area contributed by atoms with E-state index in [4.69, 9.17) is 11.6 Å². The molecule has 0 bridgehead atoms. The summed E-state index contributed by atoms with van der Waals surface area (Å²) in [5.74, 6) is 0.853. The van der Waals surface area contributed by atoms with Gasteiger partial charge in [-0.05, 0) is 49.8 Å². The minimum Gasteiger partial charge on any atom is -0.381 e. The van der Waals surface area contributed by atoms with Crippen LogP contribution in [0.2, 0.25) is 5.02 Å². The van der Waals surface area contributed by atoms with Crippen molar-refractivity contribution in [3.05, 3.63) is 28.8 Å². The summed E-state index contributed by atoms with van der Waals surface area (Å²) in [5, 5.41) is 4.38. The van der Waals surface area contributed by atoms with Gasteiger partial charge in [-0.2, -0.15) is 0 Å². The molecular formula is C13H18ClN. The number of nitrogens with one attached hydrogen (secondary N) is 1. The van der Waals surface area contributed by atoms with Crippen LogP contribution in [0.15, 0.2) is 18.2 Å². The normalized spacial score (nSPS) is 25.5. The zero-order valence-electron chi connectivity index (χ0n) is 9.39. The monoisotopic (exact) mass is 223 g/mol. The third-order valence-electron chi connectivity index (χ3n) is 3.18. The Bertz CT molecular complexity index is 348. The Hall–Kier alpha value is -0.690. The molecule has 1 aromatic carbocycles. The second kappa shape index (κ2) is 4.44. The molecule has 0 amide bonds. The molecule has 1 aliphatic rings. The van der Waals surface area contributed by atoms with Crippen LogP contribution in [-0.2, 0) is 0 Å². The van der Waals surface area contributed by atoms with Crippen molar-refractivity contribution in [2.75, 3.05) is 5.32 Å². The summed E-state index contributed by atoms with van der Waals surface area (Å²) in [6.07, 6.45) is 3.87. The maximum absolute atomic E-state index is 6.15. The van der Waals surface area contributed by atoms with Crippen LogP contribution in [-0.4, -0.2) is 6.04 Å². The molecule has 1 nitrogen and oxygen atoms in total. The highest BCUT2D eigenvalue weighted by Gasteiger charge is 2.21. The third kappa shape index (κ3) is 2.66. The predicted octanol–water partition coefficient (Wildman–Crippen LogP) is 4.25. The van der Waals surface area contributed by atoms with E-state index in [0.717, 1.165) is 16.6 Å². The number of hydrogen-bond donors (Lipinski definition) is 1. The van der Waals surface area contributed by atoms with E-state index < -0.39 is 0 Å². The van der Waals surface area contributed by atoms with E-state index in [-0.39, 0.29) is 0 Å². The first-order valence-electron chi connectivity index (χ1n) is 5.68. The van der Waals surface area contributed by atoms with Crippen LogP contribution in [0.1, 0.15) is 31.7 Å². The molecule has 82 valence electrons. The Morgan fingerprint density at radius 2 is 2.13 bits per heavy atom. The molecule has 0 heterocycles. The predicted molar refractivity (Wildman–Crippen MR) is 66.6 cm³/mol. The van der Waals surface area contributed by atoms with E-state index in [9.17, 15) is 0 Å². The molecule has 0 aliphatic heterocycles. The van der Waals surface area contributed by atoms with E-state index >= 15 is 0 Å². The number of hydrogen-bond acceptors (Lipinski definition) is 1. The van der Waals surface area contributed by atoms with Crippen molar-refractivity contribution in [2.45, 2.75) is 39.2 Å². The smallest absolute Gasteiger partial charge is 0.0637 e. The summed E-state index contributed by atoms with van der Waals surface area (Å²) < 4.78 is 0. The fourth-order valence-corrected chi connectivity index (χ4v) is 2.48. The molecule has 2 atom stereocenters. The van der Waals surface area contributed by atoms with Gasteiger partial charge in [0.25, 0.3) is 0 Å². The molecule has 1 fully saturated rings. The van der Waals surface area contributed by atoms with Gasteiger partial charge in [0, 0.05) is 6.04 Å². The Morgan fingerprint density at radius 1 is 1.33 bits per heavy atom. The van der Waals surface area contributed by atoms with E-state index in [2.05, 4.69) is 25.2 Å². The summed E-state index contributed by atoms with van der Waals surface area (Å²) >= 11 is 6.15. The van der Waals surface area contributed by atoms with Crippen molar-refractivity contribution in [3.63, 3.8) is 0 Å². The van der Waals surface area contributed by atoms with Gasteiger partial charge < -0.3 is 5.32 Å². The summed E-state index contributed by atoms with van der Waals surface area (Å²) in [5.41, 5.74) is 2.35. The second-order valence-corrected chi connectivity index (χ2v) is 5.15. The SMILES string of the molecule is Cc1ccc(Cl)c(NC2CCC(C)C2)c1. The fourth-order valence-electron chi connectivity index (χ4n) is 2.31. The average Bonchev–Trinajstić information content (AvgIpc) is 2.58. The van der Waals surface area contributed by atoms with Gasteiger partial charge in [-0.15, -0.1) is 0 Å². The number of benzene rings is 1. The molecule has 0 radical (unpaired) electrons. The highest BCUT2D eigenvalue weighted by atomic mass is 35.5. The number of halogens is 1. The molecule has 1 saturated carbocycles. The fraction of sp³-hybridized carbons (Fsp3) is 0.538. The van der Waals surface area contributed by atoms with Crippen LogP contribution < -0.4 is 5.32 Å². The van der Waals surface area contributed by atoms with Crippen LogP contribution in [0, 0.1) is 12.8 Å². The lowest BCUT2D eigenvalue weighted by Gasteiger charge is -2.15. The van der Waals surface area contributed by atoms with Gasteiger partial charge in [0.2, 0.25) is 0 Å². The summed E-state index contributed by atoms with van der Waals surface area (Å²) in [7, 11) is 0. The maximum atomic E-state index is 6.15. The standard InChI is InChI=1S/C13H18ClN/c1-9-3-5-11(7-9)15-13-8-10(2)4-6-12(13)14/h4,6,8-9,11,15H,3,5,7H2,1-2H3. The van der Waals surface area contributed by atoms with E-state index in [1.807, 2.05) is 12.1 Å². The van der Waals surface area contributed by atoms with Crippen LogP contribution in [0.5, 0.6) is 0 Å². The quantitative estimate of drug-likeness (QED) is 0.791. The molecule has 0 saturated heterocycles. The Labute approximate surface area is 96.8 Å². The Balaban J connectivity index is 2.07. The van der Waals surface area contributed by atoms with Crippen molar-refractivity contribution in [1.82, 2.24) is 0 Å². The van der Waals surface area contributed by atoms with Crippen LogP contribution >= 0.6 is 11.6 Å². The second-order valence-electron chi connectivity index (χ2n) is 4.74. The highest BCUT2D eigenvalue weighted by molar-refractivity contribution is 6.33. The van der Waals surface area contributed by atoms with Gasteiger partial charge >= 0.3 is 0 Å². The number of rotatable bonds is 2. The molecule has 2 heteroatoms. The molecule has 1 aromatic rings. The van der Waals surface area contributed by atoms with Crippen molar-refractivity contribution < 1.29 is 0 Å². The molecule has 0 spiro atoms. The third-order valence-corrected chi connectivity index (χ3v) is 3.51. The van der Waals surface area contributed by atoms with Gasteiger partial charge in [-0.3, -0.25) is 0 Å². The van der Waals surface area contributed by atoms with Gasteiger partial charge in [0.05, 0.1) is 10.7 Å². The van der Waals surface area contributed by atoms with Crippen molar-refractivity contribution in [1.29, 1.82) is 0 Å². The van der Waals surface area contributed by atoms with Crippen molar-refractivity contribution >= 4 is 17.3 Å². The van der Waals surface area contributed by atoms with Crippen LogP contribution in [0.4, 0.5) is 5.69 Å². The van der Waals surface area contributed by atoms with E-state index in [1.54, 1.807) is 0 Å². The van der Waals surface area contributed by atoms with Gasteiger partial charge in [-0.1, -0.05) is 24.6 Å². The minimum absolute atomic E-state index is 0.610. The summed E-state index contributed by atoms with van der Waals surface area (Å²) in [6, 6.07) is 6.76. The van der Waals surface area contributed by atoms with Gasteiger partial charge in [-0.25, -0.2) is 0 Å². The minimum atomic E-state index is 0.610. The van der Waals surface area contributed by atoms with Crippen LogP contribution in [0.3, 0.4) is 0 Å². The zero-order chi connectivity index (χ0) is 10.8.